The summed E-state index contributed by atoms with van der Waals surface area (Å²) in [5, 5.41) is 20.3. The first-order valence-electron chi connectivity index (χ1n) is 8.15. The van der Waals surface area contributed by atoms with Crippen molar-refractivity contribution in [1.29, 1.82) is 0 Å². The fourth-order valence-corrected chi connectivity index (χ4v) is 4.33. The molecule has 2 N–H and O–H groups in total. The molecule has 0 bridgehead atoms. The van der Waals surface area contributed by atoms with E-state index in [9.17, 15) is 19.8 Å². The maximum atomic E-state index is 12.2. The van der Waals surface area contributed by atoms with E-state index in [4.69, 9.17) is 11.6 Å². The maximum absolute atomic E-state index is 12.2. The van der Waals surface area contributed by atoms with E-state index in [2.05, 4.69) is 0 Å². The molecular formula is C19H22ClNO4. The second-order valence-electron chi connectivity index (χ2n) is 6.01. The molecule has 1 heterocycles. The summed E-state index contributed by atoms with van der Waals surface area (Å²) in [4.78, 5) is 26.2. The normalized spacial score (nSPS) is 17.1. The molecule has 0 spiro atoms. The summed E-state index contributed by atoms with van der Waals surface area (Å²) in [6.45, 7) is 7.57. The number of halogens is 1. The predicted molar refractivity (Wildman–Crippen MR) is 96.5 cm³/mol. The van der Waals surface area contributed by atoms with E-state index in [-0.39, 0.29) is 17.6 Å². The number of rotatable bonds is 5. The Labute approximate surface area is 152 Å². The van der Waals surface area contributed by atoms with Crippen LogP contribution in [0.1, 0.15) is 39.7 Å². The Bertz CT molecular complexity index is 756. The van der Waals surface area contributed by atoms with Crippen molar-refractivity contribution in [3.05, 3.63) is 57.4 Å². The molecule has 0 amide bonds. The fraction of sp³-hybridized carbons (Fsp3) is 0.368. The van der Waals surface area contributed by atoms with E-state index in [0.29, 0.717) is 28.5 Å². The van der Waals surface area contributed by atoms with Gasteiger partial charge in [-0.1, -0.05) is 36.7 Å². The van der Waals surface area contributed by atoms with Crippen LogP contribution in [-0.4, -0.2) is 33.6 Å². The lowest BCUT2D eigenvalue weighted by molar-refractivity contribution is -0.134. The SMILES string of the molecule is CCN1C(C)=C(C(=O)O)C(CC)(c2ccccc2Cl)C(C(=O)O)=C1C. The molecule has 1 aliphatic rings. The molecule has 0 unspecified atom stereocenters. The van der Waals surface area contributed by atoms with Crippen LogP contribution in [0.2, 0.25) is 5.02 Å². The van der Waals surface area contributed by atoms with Crippen LogP contribution in [0.15, 0.2) is 46.8 Å². The molecule has 25 heavy (non-hydrogen) atoms. The van der Waals surface area contributed by atoms with Gasteiger partial charge in [0.05, 0.1) is 16.6 Å². The van der Waals surface area contributed by atoms with Gasteiger partial charge in [-0.3, -0.25) is 0 Å². The highest BCUT2D eigenvalue weighted by atomic mass is 35.5. The summed E-state index contributed by atoms with van der Waals surface area (Å²) in [6.07, 6.45) is 0.270. The topological polar surface area (TPSA) is 77.8 Å². The van der Waals surface area contributed by atoms with Gasteiger partial charge in [-0.05, 0) is 38.8 Å². The molecule has 1 aromatic rings. The van der Waals surface area contributed by atoms with E-state index >= 15 is 0 Å². The van der Waals surface area contributed by atoms with E-state index in [0.717, 1.165) is 0 Å². The van der Waals surface area contributed by atoms with Gasteiger partial charge < -0.3 is 15.1 Å². The lowest BCUT2D eigenvalue weighted by atomic mass is 9.64. The highest BCUT2D eigenvalue weighted by Gasteiger charge is 2.51. The smallest absolute Gasteiger partial charge is 0.334 e. The van der Waals surface area contributed by atoms with Crippen LogP contribution < -0.4 is 0 Å². The number of aliphatic carboxylic acids is 2. The zero-order chi connectivity index (χ0) is 18.9. The van der Waals surface area contributed by atoms with Crippen LogP contribution in [0.5, 0.6) is 0 Å². The number of carboxylic acid groups (broad SMARTS) is 2. The molecule has 0 aromatic heterocycles. The Kier molecular flexibility index (Phi) is 5.28. The van der Waals surface area contributed by atoms with Gasteiger partial charge in [-0.2, -0.15) is 0 Å². The third-order valence-corrected chi connectivity index (χ3v) is 5.32. The second kappa shape index (κ2) is 6.92. The number of hydrogen-bond acceptors (Lipinski definition) is 3. The fourth-order valence-electron chi connectivity index (χ4n) is 4.03. The van der Waals surface area contributed by atoms with E-state index in [1.807, 2.05) is 6.92 Å². The van der Waals surface area contributed by atoms with Crippen molar-refractivity contribution in [2.24, 2.45) is 0 Å². The molecule has 2 rings (SSSR count). The Morgan fingerprint density at radius 1 is 1.04 bits per heavy atom. The van der Waals surface area contributed by atoms with Gasteiger partial charge in [0, 0.05) is 23.0 Å². The number of hydrogen-bond donors (Lipinski definition) is 2. The van der Waals surface area contributed by atoms with Gasteiger partial charge >= 0.3 is 11.9 Å². The molecule has 1 aromatic carbocycles. The Balaban J connectivity index is 3.03. The lowest BCUT2D eigenvalue weighted by Crippen LogP contribution is -2.45. The predicted octanol–water partition coefficient (Wildman–Crippen LogP) is 4.04. The number of benzene rings is 1. The van der Waals surface area contributed by atoms with Crippen molar-refractivity contribution in [3.8, 4) is 0 Å². The molecule has 1 aliphatic heterocycles. The van der Waals surface area contributed by atoms with Gasteiger partial charge in [0.2, 0.25) is 0 Å². The third-order valence-electron chi connectivity index (χ3n) is 4.99. The van der Waals surface area contributed by atoms with Crippen molar-refractivity contribution >= 4 is 23.5 Å². The Morgan fingerprint density at radius 2 is 1.52 bits per heavy atom. The zero-order valence-electron chi connectivity index (χ0n) is 14.8. The molecule has 0 saturated carbocycles. The quantitative estimate of drug-likeness (QED) is 0.825. The van der Waals surface area contributed by atoms with Crippen LogP contribution in [-0.2, 0) is 15.0 Å². The first-order valence-corrected chi connectivity index (χ1v) is 8.53. The molecule has 0 aliphatic carbocycles. The van der Waals surface area contributed by atoms with Crippen molar-refractivity contribution in [2.45, 2.75) is 39.5 Å². The highest BCUT2D eigenvalue weighted by molar-refractivity contribution is 6.31. The minimum atomic E-state index is -1.31. The largest absolute Gasteiger partial charge is 0.478 e. The number of allylic oxidation sites excluding steroid dienone is 2. The van der Waals surface area contributed by atoms with Crippen LogP contribution in [0, 0.1) is 0 Å². The van der Waals surface area contributed by atoms with Gasteiger partial charge in [-0.25, -0.2) is 9.59 Å². The summed E-state index contributed by atoms with van der Waals surface area (Å²) in [5.74, 6) is -2.27. The summed E-state index contributed by atoms with van der Waals surface area (Å²) < 4.78 is 0. The Hall–Kier alpha value is -2.27. The summed E-state index contributed by atoms with van der Waals surface area (Å²) >= 11 is 6.39. The molecule has 5 nitrogen and oxygen atoms in total. The monoisotopic (exact) mass is 363 g/mol. The number of nitrogens with zero attached hydrogens (tertiary/aromatic N) is 1. The van der Waals surface area contributed by atoms with E-state index in [1.54, 1.807) is 49.9 Å². The average Bonchev–Trinajstić information content (AvgIpc) is 2.54. The van der Waals surface area contributed by atoms with Crippen LogP contribution in [0.3, 0.4) is 0 Å². The number of carboxylic acids is 2. The lowest BCUT2D eigenvalue weighted by Gasteiger charge is -2.44. The zero-order valence-corrected chi connectivity index (χ0v) is 15.5. The molecule has 134 valence electrons. The molecule has 6 heteroatoms. The van der Waals surface area contributed by atoms with Crippen molar-refractivity contribution < 1.29 is 19.8 Å². The van der Waals surface area contributed by atoms with Crippen LogP contribution in [0.25, 0.3) is 0 Å². The minimum absolute atomic E-state index is 0.0629. The first-order chi connectivity index (χ1) is 11.7. The molecule has 0 radical (unpaired) electrons. The maximum Gasteiger partial charge on any atom is 0.334 e. The van der Waals surface area contributed by atoms with Gasteiger partial charge in [0.1, 0.15) is 0 Å². The second-order valence-corrected chi connectivity index (χ2v) is 6.42. The minimum Gasteiger partial charge on any atom is -0.478 e. The number of carbonyl (C=O) groups is 2. The van der Waals surface area contributed by atoms with Crippen molar-refractivity contribution in [3.63, 3.8) is 0 Å². The van der Waals surface area contributed by atoms with Gasteiger partial charge in [-0.15, -0.1) is 0 Å². The Morgan fingerprint density at radius 3 is 1.88 bits per heavy atom. The first kappa shape index (κ1) is 19.1. The third kappa shape index (κ3) is 2.72. The van der Waals surface area contributed by atoms with E-state index in [1.165, 1.54) is 0 Å². The molecule has 0 fully saturated rings. The average molecular weight is 364 g/mol. The van der Waals surface area contributed by atoms with Crippen molar-refractivity contribution in [2.75, 3.05) is 6.54 Å². The summed E-state index contributed by atoms with van der Waals surface area (Å²) in [6, 6.07) is 6.85. The standard InChI is InChI=1S/C19H22ClNO4/c1-5-19(13-9-7-8-10-14(13)20)15(17(22)23)11(3)21(6-2)12(4)16(19)18(24)25/h7-10H,5-6H2,1-4H3,(H,22,23)(H,24,25). The summed E-state index contributed by atoms with van der Waals surface area (Å²) in [5.41, 5.74) is 0.401. The summed E-state index contributed by atoms with van der Waals surface area (Å²) in [7, 11) is 0. The van der Waals surface area contributed by atoms with Gasteiger partial charge in [0.25, 0.3) is 0 Å². The highest BCUT2D eigenvalue weighted by Crippen LogP contribution is 2.51. The molecule has 0 saturated heterocycles. The van der Waals surface area contributed by atoms with Gasteiger partial charge in [0.15, 0.2) is 0 Å². The van der Waals surface area contributed by atoms with Crippen LogP contribution in [0.4, 0.5) is 0 Å². The van der Waals surface area contributed by atoms with Crippen molar-refractivity contribution in [1.82, 2.24) is 4.90 Å². The molecular weight excluding hydrogens is 342 g/mol. The van der Waals surface area contributed by atoms with E-state index < -0.39 is 17.4 Å². The van der Waals surface area contributed by atoms with Crippen LogP contribution >= 0.6 is 11.6 Å². The molecule has 0 atom stereocenters.